The Labute approximate surface area is 279 Å². The maximum absolute atomic E-state index is 11.1. The monoisotopic (exact) mass is 608 g/mol. The van der Waals surface area contributed by atoms with Gasteiger partial charge < -0.3 is 23.7 Å². The van der Waals surface area contributed by atoms with Crippen molar-refractivity contribution in [2.24, 2.45) is 0 Å². The third kappa shape index (κ3) is 40.7. The molecule has 9 heteroatoms. The average Bonchev–Trinajstić information content (AvgIpc) is 2.91. The summed E-state index contributed by atoms with van der Waals surface area (Å²) in [6.45, 7) is 22.9. The molecule has 8 nitrogen and oxygen atoms in total. The minimum atomic E-state index is -0.431. The van der Waals surface area contributed by atoms with Gasteiger partial charge in [-0.05, 0) is 27.2 Å². The van der Waals surface area contributed by atoms with Crippen LogP contribution in [-0.2, 0) is 38.1 Å². The molecule has 0 amide bonds. The minimum absolute atomic E-state index is 0. The molecule has 0 bridgehead atoms. The molecule has 0 spiro atoms. The first kappa shape index (κ1) is 46.5. The van der Waals surface area contributed by atoms with Crippen LogP contribution in [0.25, 0.3) is 0 Å². The molecule has 0 N–H and O–H groups in total. The summed E-state index contributed by atoms with van der Waals surface area (Å²) < 4.78 is 24.0. The minimum Gasteiger partial charge on any atom is -0.462 e. The van der Waals surface area contributed by atoms with Gasteiger partial charge in [-0.3, -0.25) is 0 Å². The Balaban J connectivity index is -0.000000270. The molecule has 0 fully saturated rings. The zero-order chi connectivity index (χ0) is 31.0. The van der Waals surface area contributed by atoms with E-state index in [0.717, 1.165) is 12.7 Å². The number of methoxy groups -OCH3 is 1. The molecule has 41 heavy (non-hydrogen) atoms. The van der Waals surface area contributed by atoms with Crippen LogP contribution in [-0.4, -0.2) is 95.8 Å². The maximum atomic E-state index is 11.1. The molecular weight excluding hydrogens is 552 g/mol. The van der Waals surface area contributed by atoms with Crippen molar-refractivity contribution in [3.8, 4) is 0 Å². The number of carbonyl (C=O) groups excluding carboxylic acids is 3. The van der Waals surface area contributed by atoms with E-state index in [9.17, 15) is 14.4 Å². The Hall–Kier alpha value is -1.45. The molecule has 0 atom stereocenters. The molecule has 0 saturated heterocycles. The smallest absolute Gasteiger partial charge is 0.337 e. The van der Waals surface area contributed by atoms with Gasteiger partial charge in [0, 0.05) is 61.6 Å². The van der Waals surface area contributed by atoms with Gasteiger partial charge in [-0.1, -0.05) is 97.4 Å². The van der Waals surface area contributed by atoms with Crippen molar-refractivity contribution in [1.29, 1.82) is 0 Å². The van der Waals surface area contributed by atoms with E-state index < -0.39 is 5.97 Å². The molecule has 2 radical (unpaired) electrons. The van der Waals surface area contributed by atoms with E-state index in [-0.39, 0.29) is 56.3 Å². The summed E-state index contributed by atoms with van der Waals surface area (Å²) in [5.41, 5.74) is 1.27. The van der Waals surface area contributed by atoms with Gasteiger partial charge in [-0.2, -0.15) is 0 Å². The van der Waals surface area contributed by atoms with Crippen LogP contribution in [0.1, 0.15) is 98.3 Å². The number of unbranched alkanes of at least 4 members (excludes halogenated alkanes) is 10. The van der Waals surface area contributed by atoms with Gasteiger partial charge in [0.15, 0.2) is 0 Å². The molecule has 0 unspecified atom stereocenters. The van der Waals surface area contributed by atoms with E-state index in [0.29, 0.717) is 43.1 Å². The number of carbonyl (C=O) groups is 3. The second kappa shape index (κ2) is 36.6. The van der Waals surface area contributed by atoms with E-state index in [1.807, 2.05) is 0 Å². The normalized spacial score (nSPS) is 9.39. The molecule has 0 aromatic carbocycles. The predicted octanol–water partition coefficient (Wildman–Crippen LogP) is 7.05. The SMILES string of the molecule is C=C(C)C(=O)OCCCCCCCCCCCCC.C=C(C)C(=O)OCCOCCOC.C=COC(=O)C(=C)C.[Ca]. The first-order valence-corrected chi connectivity index (χ1v) is 14.2. The molecule has 234 valence electrons. The summed E-state index contributed by atoms with van der Waals surface area (Å²) in [6.07, 6.45) is 15.5. The van der Waals surface area contributed by atoms with Crippen LogP contribution in [0.4, 0.5) is 0 Å². The topological polar surface area (TPSA) is 97.4 Å². The summed E-state index contributed by atoms with van der Waals surface area (Å²) in [5, 5.41) is 0. The predicted molar refractivity (Wildman–Crippen MR) is 168 cm³/mol. The summed E-state index contributed by atoms with van der Waals surface area (Å²) in [4.78, 5) is 32.3. The molecular formula is C32H56CaO8. The third-order valence-electron chi connectivity index (χ3n) is 5.11. The van der Waals surface area contributed by atoms with Crippen LogP contribution < -0.4 is 0 Å². The third-order valence-corrected chi connectivity index (χ3v) is 5.11. The summed E-state index contributed by atoms with van der Waals surface area (Å²) in [7, 11) is 1.60. The Bertz CT molecular complexity index is 718. The van der Waals surface area contributed by atoms with Crippen molar-refractivity contribution >= 4 is 55.6 Å². The first-order chi connectivity index (χ1) is 19.0. The van der Waals surface area contributed by atoms with Gasteiger partial charge in [0.05, 0.1) is 32.7 Å². The molecule has 0 aliphatic heterocycles. The Kier molecular flexibility index (Phi) is 41.5. The summed E-state index contributed by atoms with van der Waals surface area (Å²) in [5.74, 6) is -1.07. The van der Waals surface area contributed by atoms with Crippen LogP contribution in [0.5, 0.6) is 0 Å². The van der Waals surface area contributed by atoms with Crippen molar-refractivity contribution in [2.75, 3.05) is 40.1 Å². The molecule has 0 heterocycles. The van der Waals surface area contributed by atoms with Crippen molar-refractivity contribution < 1.29 is 38.1 Å². The fourth-order valence-corrected chi connectivity index (χ4v) is 2.79. The number of esters is 3. The van der Waals surface area contributed by atoms with Gasteiger partial charge in [-0.15, -0.1) is 0 Å². The maximum Gasteiger partial charge on any atom is 0.337 e. The number of hydrogen-bond acceptors (Lipinski definition) is 8. The fraction of sp³-hybridized carbons (Fsp3) is 0.656. The van der Waals surface area contributed by atoms with E-state index in [1.165, 1.54) is 64.2 Å². The van der Waals surface area contributed by atoms with Crippen LogP contribution in [0.3, 0.4) is 0 Å². The van der Waals surface area contributed by atoms with Crippen LogP contribution in [0.15, 0.2) is 49.3 Å². The van der Waals surface area contributed by atoms with Crippen LogP contribution >= 0.6 is 0 Å². The molecule has 0 aliphatic carbocycles. The van der Waals surface area contributed by atoms with Gasteiger partial charge in [0.1, 0.15) is 6.61 Å². The molecule has 0 rings (SSSR count). The van der Waals surface area contributed by atoms with Gasteiger partial charge in [-0.25, -0.2) is 14.4 Å². The Morgan fingerprint density at radius 1 is 0.585 bits per heavy atom. The Morgan fingerprint density at radius 3 is 1.34 bits per heavy atom. The molecule has 0 aromatic heterocycles. The largest absolute Gasteiger partial charge is 0.462 e. The van der Waals surface area contributed by atoms with Crippen molar-refractivity contribution in [3.05, 3.63) is 49.3 Å². The second-order valence-electron chi connectivity index (χ2n) is 9.33. The van der Waals surface area contributed by atoms with Gasteiger partial charge >= 0.3 is 17.9 Å². The average molecular weight is 609 g/mol. The molecule has 0 aromatic rings. The van der Waals surface area contributed by atoms with Crippen molar-refractivity contribution in [1.82, 2.24) is 0 Å². The van der Waals surface area contributed by atoms with E-state index in [4.69, 9.17) is 18.9 Å². The zero-order valence-corrected chi connectivity index (χ0v) is 28.9. The van der Waals surface area contributed by atoms with Crippen molar-refractivity contribution in [2.45, 2.75) is 98.3 Å². The standard InChI is InChI=1S/C17H32O2.C9H16O4.C6H8O2.Ca/c1-4-5-6-7-8-9-10-11-12-13-14-15-19-17(18)16(2)3;1-8(2)9(10)13-7-6-12-5-4-11-3;1-4-8-6(7)5(2)3;/h2,4-15H2,1,3H3;1,4-7H2,2-3H3;4H,1-2H2,3H3;. The Morgan fingerprint density at radius 2 is 0.976 bits per heavy atom. The van der Waals surface area contributed by atoms with Gasteiger partial charge in [0.2, 0.25) is 0 Å². The number of rotatable bonds is 22. The van der Waals surface area contributed by atoms with E-state index >= 15 is 0 Å². The first-order valence-electron chi connectivity index (χ1n) is 14.2. The summed E-state index contributed by atoms with van der Waals surface area (Å²) >= 11 is 0. The van der Waals surface area contributed by atoms with E-state index in [2.05, 4.69) is 38.0 Å². The molecule has 0 aliphatic rings. The van der Waals surface area contributed by atoms with Crippen LogP contribution in [0.2, 0.25) is 0 Å². The summed E-state index contributed by atoms with van der Waals surface area (Å²) in [6, 6.07) is 0. The number of hydrogen-bond donors (Lipinski definition) is 0. The quantitative estimate of drug-likeness (QED) is 0.0322. The zero-order valence-electron chi connectivity index (χ0n) is 26.7. The van der Waals surface area contributed by atoms with Crippen LogP contribution in [0, 0.1) is 0 Å². The van der Waals surface area contributed by atoms with E-state index in [1.54, 1.807) is 27.9 Å². The van der Waals surface area contributed by atoms with Gasteiger partial charge in [0.25, 0.3) is 0 Å². The second-order valence-corrected chi connectivity index (χ2v) is 9.33. The number of ether oxygens (including phenoxy) is 5. The fourth-order valence-electron chi connectivity index (χ4n) is 2.79. The molecule has 0 saturated carbocycles. The van der Waals surface area contributed by atoms with Crippen molar-refractivity contribution in [3.63, 3.8) is 0 Å².